The molecule has 0 saturated carbocycles. The molecule has 1 heterocycles. The van der Waals surface area contributed by atoms with Gasteiger partial charge >= 0.3 is 0 Å². The highest BCUT2D eigenvalue weighted by Crippen LogP contribution is 2.22. The van der Waals surface area contributed by atoms with E-state index >= 15 is 0 Å². The van der Waals surface area contributed by atoms with E-state index < -0.39 is 0 Å². The Balaban J connectivity index is 1.35. The number of piperidine rings is 1. The first-order chi connectivity index (χ1) is 14.7. The molecule has 0 bridgehead atoms. The van der Waals surface area contributed by atoms with Crippen LogP contribution in [0.5, 0.6) is 11.5 Å². The van der Waals surface area contributed by atoms with E-state index in [0.717, 1.165) is 31.7 Å². The minimum atomic E-state index is -0.212. The Morgan fingerprint density at radius 2 is 1.30 bits per heavy atom. The van der Waals surface area contributed by atoms with E-state index in [4.69, 9.17) is 4.74 Å². The minimum absolute atomic E-state index is 0.0570. The predicted octanol–water partition coefficient (Wildman–Crippen LogP) is 5.36. The standard InChI is InChI=1S/C25H24N2O3/c28-24(19-11-15-23(16-12-19)30-22-7-3-1-4-8-22)26-21-13-9-20(10-14-21)25(29)27-17-5-2-6-18-27/h1,3-4,7-16H,2,5-6,17-18H2,(H,26,28). The van der Waals surface area contributed by atoms with E-state index in [-0.39, 0.29) is 11.8 Å². The molecule has 0 unspecified atom stereocenters. The van der Waals surface area contributed by atoms with Crippen molar-refractivity contribution in [1.29, 1.82) is 0 Å². The van der Waals surface area contributed by atoms with Gasteiger partial charge in [0.15, 0.2) is 0 Å². The van der Waals surface area contributed by atoms with Crippen molar-refractivity contribution in [2.24, 2.45) is 0 Å². The smallest absolute Gasteiger partial charge is 0.255 e. The summed E-state index contributed by atoms with van der Waals surface area (Å²) in [6.07, 6.45) is 3.32. The van der Waals surface area contributed by atoms with Crippen molar-refractivity contribution >= 4 is 17.5 Å². The van der Waals surface area contributed by atoms with E-state index in [1.54, 1.807) is 48.5 Å². The number of carbonyl (C=O) groups is 2. The topological polar surface area (TPSA) is 58.6 Å². The summed E-state index contributed by atoms with van der Waals surface area (Å²) in [5.41, 5.74) is 1.83. The SMILES string of the molecule is O=C(Nc1ccc(C(=O)N2CCCCC2)cc1)c1ccc(Oc2ccccc2)cc1. The van der Waals surface area contributed by atoms with Crippen LogP contribution in [0.1, 0.15) is 40.0 Å². The lowest BCUT2D eigenvalue weighted by Crippen LogP contribution is -2.35. The van der Waals surface area contributed by atoms with Crippen molar-refractivity contribution in [2.45, 2.75) is 19.3 Å². The van der Waals surface area contributed by atoms with Crippen molar-refractivity contribution in [3.05, 3.63) is 90.0 Å². The second kappa shape index (κ2) is 9.27. The molecule has 30 heavy (non-hydrogen) atoms. The molecule has 1 N–H and O–H groups in total. The van der Waals surface area contributed by atoms with Gasteiger partial charge in [0, 0.05) is 29.9 Å². The van der Waals surface area contributed by atoms with E-state index in [0.29, 0.717) is 22.6 Å². The number of likely N-dealkylation sites (tertiary alicyclic amines) is 1. The Kier molecular flexibility index (Phi) is 6.09. The molecule has 0 atom stereocenters. The second-order valence-electron chi connectivity index (χ2n) is 7.32. The highest BCUT2D eigenvalue weighted by Gasteiger charge is 2.18. The van der Waals surface area contributed by atoms with E-state index in [1.165, 1.54) is 6.42 Å². The number of anilines is 1. The Labute approximate surface area is 176 Å². The highest BCUT2D eigenvalue weighted by atomic mass is 16.5. The summed E-state index contributed by atoms with van der Waals surface area (Å²) in [4.78, 5) is 27.0. The minimum Gasteiger partial charge on any atom is -0.457 e. The van der Waals surface area contributed by atoms with Crippen molar-refractivity contribution in [1.82, 2.24) is 4.90 Å². The number of carbonyl (C=O) groups excluding carboxylic acids is 2. The monoisotopic (exact) mass is 400 g/mol. The summed E-state index contributed by atoms with van der Waals surface area (Å²) in [7, 11) is 0. The van der Waals surface area contributed by atoms with Crippen molar-refractivity contribution < 1.29 is 14.3 Å². The molecule has 152 valence electrons. The summed E-state index contributed by atoms with van der Waals surface area (Å²) in [6.45, 7) is 1.64. The molecule has 1 saturated heterocycles. The fourth-order valence-electron chi connectivity index (χ4n) is 3.48. The lowest BCUT2D eigenvalue weighted by Gasteiger charge is -2.26. The van der Waals surface area contributed by atoms with E-state index in [2.05, 4.69) is 5.32 Å². The van der Waals surface area contributed by atoms with Crippen LogP contribution in [0.4, 0.5) is 5.69 Å². The molecule has 1 aliphatic heterocycles. The van der Waals surface area contributed by atoms with Crippen molar-refractivity contribution in [2.75, 3.05) is 18.4 Å². The van der Waals surface area contributed by atoms with Gasteiger partial charge in [0.05, 0.1) is 0 Å². The summed E-state index contributed by atoms with van der Waals surface area (Å²) < 4.78 is 5.75. The highest BCUT2D eigenvalue weighted by molar-refractivity contribution is 6.04. The van der Waals surface area contributed by atoms with E-state index in [1.807, 2.05) is 35.2 Å². The van der Waals surface area contributed by atoms with Crippen LogP contribution in [0.25, 0.3) is 0 Å². The quantitative estimate of drug-likeness (QED) is 0.627. The number of ether oxygens (including phenoxy) is 1. The van der Waals surface area contributed by atoms with Gasteiger partial charge in [-0.25, -0.2) is 0 Å². The van der Waals surface area contributed by atoms with Crippen LogP contribution in [0.15, 0.2) is 78.9 Å². The molecule has 3 aromatic rings. The van der Waals surface area contributed by atoms with Gasteiger partial charge in [0.1, 0.15) is 11.5 Å². The van der Waals surface area contributed by atoms with Crippen LogP contribution in [0, 0.1) is 0 Å². The fourth-order valence-corrected chi connectivity index (χ4v) is 3.48. The summed E-state index contributed by atoms with van der Waals surface area (Å²) in [5, 5.41) is 2.87. The zero-order chi connectivity index (χ0) is 20.8. The maximum atomic E-state index is 12.5. The molecule has 5 nitrogen and oxygen atoms in total. The second-order valence-corrected chi connectivity index (χ2v) is 7.32. The van der Waals surface area contributed by atoms with Gasteiger partial charge in [-0.2, -0.15) is 0 Å². The van der Waals surface area contributed by atoms with Crippen LogP contribution in [-0.2, 0) is 0 Å². The first-order valence-corrected chi connectivity index (χ1v) is 10.2. The zero-order valence-corrected chi connectivity index (χ0v) is 16.7. The Bertz CT molecular complexity index is 993. The van der Waals surface area contributed by atoms with Crippen LogP contribution in [0.3, 0.4) is 0 Å². The lowest BCUT2D eigenvalue weighted by atomic mass is 10.1. The maximum absolute atomic E-state index is 12.5. The van der Waals surface area contributed by atoms with Gasteiger partial charge in [-0.05, 0) is 79.9 Å². The molecule has 0 spiro atoms. The Hall–Kier alpha value is -3.60. The fraction of sp³-hybridized carbons (Fsp3) is 0.200. The number of benzene rings is 3. The average molecular weight is 400 g/mol. The number of para-hydroxylation sites is 1. The summed E-state index contributed by atoms with van der Waals surface area (Å²) >= 11 is 0. The first kappa shape index (κ1) is 19.7. The third kappa shape index (κ3) is 4.87. The van der Waals surface area contributed by atoms with E-state index in [9.17, 15) is 9.59 Å². The normalized spacial score (nSPS) is 13.5. The molecule has 0 aromatic heterocycles. The van der Waals surface area contributed by atoms with Crippen molar-refractivity contribution in [3.63, 3.8) is 0 Å². The first-order valence-electron chi connectivity index (χ1n) is 10.2. The van der Waals surface area contributed by atoms with Crippen molar-refractivity contribution in [3.8, 4) is 11.5 Å². The van der Waals surface area contributed by atoms with Gasteiger partial charge < -0.3 is 15.0 Å². The van der Waals surface area contributed by atoms with Gasteiger partial charge in [0.25, 0.3) is 11.8 Å². The largest absolute Gasteiger partial charge is 0.457 e. The van der Waals surface area contributed by atoms with Gasteiger partial charge in [-0.1, -0.05) is 18.2 Å². The number of nitrogens with zero attached hydrogens (tertiary/aromatic N) is 1. The molecule has 0 radical (unpaired) electrons. The average Bonchev–Trinajstić information content (AvgIpc) is 2.81. The van der Waals surface area contributed by atoms with Crippen LogP contribution >= 0.6 is 0 Å². The molecule has 2 amide bonds. The third-order valence-corrected chi connectivity index (χ3v) is 5.13. The Morgan fingerprint density at radius 1 is 0.700 bits per heavy atom. The lowest BCUT2D eigenvalue weighted by molar-refractivity contribution is 0.0724. The summed E-state index contributed by atoms with van der Waals surface area (Å²) in [5.74, 6) is 1.25. The molecule has 4 rings (SSSR count). The van der Waals surface area contributed by atoms with Gasteiger partial charge in [-0.3, -0.25) is 9.59 Å². The molecule has 5 heteroatoms. The zero-order valence-electron chi connectivity index (χ0n) is 16.7. The van der Waals surface area contributed by atoms with Gasteiger partial charge in [0.2, 0.25) is 0 Å². The molecular weight excluding hydrogens is 376 g/mol. The third-order valence-electron chi connectivity index (χ3n) is 5.13. The predicted molar refractivity (Wildman–Crippen MR) is 117 cm³/mol. The number of hydrogen-bond acceptors (Lipinski definition) is 3. The number of rotatable bonds is 5. The summed E-state index contributed by atoms with van der Waals surface area (Å²) in [6, 6.07) is 23.5. The molecular formula is C25H24N2O3. The molecule has 3 aromatic carbocycles. The number of hydrogen-bond donors (Lipinski definition) is 1. The molecule has 1 aliphatic rings. The van der Waals surface area contributed by atoms with Crippen LogP contribution < -0.4 is 10.1 Å². The number of amides is 2. The number of nitrogens with one attached hydrogen (secondary N) is 1. The van der Waals surface area contributed by atoms with Crippen LogP contribution in [0.2, 0.25) is 0 Å². The van der Waals surface area contributed by atoms with Crippen LogP contribution in [-0.4, -0.2) is 29.8 Å². The maximum Gasteiger partial charge on any atom is 0.255 e. The Morgan fingerprint density at radius 3 is 1.97 bits per heavy atom. The molecule has 0 aliphatic carbocycles. The van der Waals surface area contributed by atoms with Gasteiger partial charge in [-0.15, -0.1) is 0 Å². The molecule has 1 fully saturated rings.